The van der Waals surface area contributed by atoms with E-state index in [1.807, 2.05) is 13.8 Å². The molecule has 0 aliphatic rings. The predicted octanol–water partition coefficient (Wildman–Crippen LogP) is 4.12. The smallest absolute Gasteiger partial charge is 0.308 e. The number of hydrogen-bond acceptors (Lipinski definition) is 4. The molecule has 0 N–H and O–H groups in total. The zero-order valence-corrected chi connectivity index (χ0v) is 14.2. The Morgan fingerprint density at radius 3 is 1.48 bits per heavy atom. The quantitative estimate of drug-likeness (QED) is 0.402. The van der Waals surface area contributed by atoms with Crippen molar-refractivity contribution in [3.63, 3.8) is 0 Å². The summed E-state index contributed by atoms with van der Waals surface area (Å²) in [5, 5.41) is 0. The summed E-state index contributed by atoms with van der Waals surface area (Å²) in [6.07, 6.45) is 6.32. The Morgan fingerprint density at radius 2 is 1.14 bits per heavy atom. The van der Waals surface area contributed by atoms with E-state index in [4.69, 9.17) is 9.47 Å². The second-order valence-corrected chi connectivity index (χ2v) is 5.78. The first-order valence-corrected chi connectivity index (χ1v) is 8.36. The summed E-state index contributed by atoms with van der Waals surface area (Å²) in [6, 6.07) is 0. The second-order valence-electron chi connectivity index (χ2n) is 5.78. The molecule has 0 aromatic rings. The van der Waals surface area contributed by atoms with Gasteiger partial charge < -0.3 is 9.47 Å². The molecule has 2 unspecified atom stereocenters. The second kappa shape index (κ2) is 12.7. The molecule has 0 amide bonds. The molecule has 21 heavy (non-hydrogen) atoms. The van der Waals surface area contributed by atoms with E-state index in [1.54, 1.807) is 0 Å². The van der Waals surface area contributed by atoms with Crippen molar-refractivity contribution < 1.29 is 19.1 Å². The van der Waals surface area contributed by atoms with Crippen LogP contribution in [0.1, 0.15) is 72.6 Å². The molecule has 0 bridgehead atoms. The average molecular weight is 300 g/mol. The minimum Gasteiger partial charge on any atom is -0.465 e. The van der Waals surface area contributed by atoms with Gasteiger partial charge in [0.2, 0.25) is 0 Å². The third-order valence-corrected chi connectivity index (χ3v) is 3.53. The summed E-state index contributed by atoms with van der Waals surface area (Å²) >= 11 is 0. The zero-order valence-electron chi connectivity index (χ0n) is 14.2. The molecule has 0 saturated carbocycles. The first kappa shape index (κ1) is 19.9. The maximum atomic E-state index is 11.6. The fourth-order valence-electron chi connectivity index (χ4n) is 2.11. The SMILES string of the molecule is CCCC(C)C(=O)OCCCCCOC(=O)C(C)CCC. The largest absolute Gasteiger partial charge is 0.465 e. The fourth-order valence-corrected chi connectivity index (χ4v) is 2.11. The molecule has 4 nitrogen and oxygen atoms in total. The molecule has 0 aromatic heterocycles. The summed E-state index contributed by atoms with van der Waals surface area (Å²) in [4.78, 5) is 23.1. The number of unbranched alkanes of at least 4 members (excludes halogenated alkanes) is 2. The highest BCUT2D eigenvalue weighted by molar-refractivity contribution is 5.72. The van der Waals surface area contributed by atoms with Crippen LogP contribution >= 0.6 is 0 Å². The van der Waals surface area contributed by atoms with E-state index in [9.17, 15) is 9.59 Å². The molecule has 0 heterocycles. The Hall–Kier alpha value is -1.06. The lowest BCUT2D eigenvalue weighted by Gasteiger charge is -2.11. The van der Waals surface area contributed by atoms with Crippen LogP contribution in [0.2, 0.25) is 0 Å². The van der Waals surface area contributed by atoms with Gasteiger partial charge in [0.1, 0.15) is 0 Å². The Morgan fingerprint density at radius 1 is 0.762 bits per heavy atom. The van der Waals surface area contributed by atoms with E-state index in [2.05, 4.69) is 13.8 Å². The Bertz CT molecular complexity index is 261. The summed E-state index contributed by atoms with van der Waals surface area (Å²) < 4.78 is 10.4. The zero-order chi connectivity index (χ0) is 16.1. The summed E-state index contributed by atoms with van der Waals surface area (Å²) in [6.45, 7) is 8.87. The van der Waals surface area contributed by atoms with Crippen LogP contribution in [0.15, 0.2) is 0 Å². The maximum Gasteiger partial charge on any atom is 0.308 e. The number of rotatable bonds is 12. The van der Waals surface area contributed by atoms with Gasteiger partial charge in [-0.3, -0.25) is 9.59 Å². The number of hydrogen-bond donors (Lipinski definition) is 0. The van der Waals surface area contributed by atoms with E-state index >= 15 is 0 Å². The number of carbonyl (C=O) groups excluding carboxylic acids is 2. The van der Waals surface area contributed by atoms with Gasteiger partial charge in [0, 0.05) is 0 Å². The van der Waals surface area contributed by atoms with Crippen LogP contribution in [0.3, 0.4) is 0 Å². The highest BCUT2D eigenvalue weighted by Gasteiger charge is 2.13. The molecular formula is C17H32O4. The van der Waals surface area contributed by atoms with Gasteiger partial charge >= 0.3 is 11.9 Å². The lowest BCUT2D eigenvalue weighted by Crippen LogP contribution is -2.16. The van der Waals surface area contributed by atoms with Crippen molar-refractivity contribution in [1.29, 1.82) is 0 Å². The molecule has 0 radical (unpaired) electrons. The van der Waals surface area contributed by atoms with Crippen molar-refractivity contribution in [2.45, 2.75) is 72.6 Å². The van der Waals surface area contributed by atoms with Gasteiger partial charge in [-0.1, -0.05) is 40.5 Å². The summed E-state index contributed by atoms with van der Waals surface area (Å²) in [7, 11) is 0. The average Bonchev–Trinajstić information content (AvgIpc) is 2.46. The van der Waals surface area contributed by atoms with Gasteiger partial charge in [0.05, 0.1) is 25.0 Å². The molecule has 0 aliphatic heterocycles. The molecule has 0 saturated heterocycles. The molecule has 0 aliphatic carbocycles. The lowest BCUT2D eigenvalue weighted by atomic mass is 10.1. The molecule has 0 spiro atoms. The number of esters is 2. The van der Waals surface area contributed by atoms with Crippen molar-refractivity contribution in [2.75, 3.05) is 13.2 Å². The Labute approximate surface area is 129 Å². The predicted molar refractivity (Wildman–Crippen MR) is 83.9 cm³/mol. The normalized spacial score (nSPS) is 13.5. The number of ether oxygens (including phenoxy) is 2. The van der Waals surface area contributed by atoms with Gasteiger partial charge in [-0.25, -0.2) is 0 Å². The molecule has 4 heteroatoms. The fraction of sp³-hybridized carbons (Fsp3) is 0.882. The standard InChI is InChI=1S/C17H32O4/c1-5-10-14(3)16(18)20-12-8-7-9-13-21-17(19)15(4)11-6-2/h14-15H,5-13H2,1-4H3. The minimum atomic E-state index is -0.100. The molecule has 2 atom stereocenters. The first-order chi connectivity index (χ1) is 10.0. The first-order valence-electron chi connectivity index (χ1n) is 8.36. The van der Waals surface area contributed by atoms with E-state index in [1.165, 1.54) is 0 Å². The molecule has 124 valence electrons. The van der Waals surface area contributed by atoms with Crippen molar-refractivity contribution in [3.8, 4) is 0 Å². The maximum absolute atomic E-state index is 11.6. The van der Waals surface area contributed by atoms with Crippen molar-refractivity contribution >= 4 is 11.9 Å². The topological polar surface area (TPSA) is 52.6 Å². The van der Waals surface area contributed by atoms with Crippen LogP contribution in [0, 0.1) is 11.8 Å². The minimum absolute atomic E-state index is 0.00370. The highest BCUT2D eigenvalue weighted by atomic mass is 16.5. The Balaban J connectivity index is 3.48. The van der Waals surface area contributed by atoms with Crippen LogP contribution in [0.25, 0.3) is 0 Å². The van der Waals surface area contributed by atoms with E-state index in [-0.39, 0.29) is 23.8 Å². The van der Waals surface area contributed by atoms with Crippen LogP contribution < -0.4 is 0 Å². The van der Waals surface area contributed by atoms with Crippen LogP contribution in [-0.4, -0.2) is 25.2 Å². The number of carbonyl (C=O) groups is 2. The molecule has 0 rings (SSSR count). The monoisotopic (exact) mass is 300 g/mol. The van der Waals surface area contributed by atoms with Crippen molar-refractivity contribution in [3.05, 3.63) is 0 Å². The molecule has 0 aromatic carbocycles. The van der Waals surface area contributed by atoms with Crippen LogP contribution in [-0.2, 0) is 19.1 Å². The van der Waals surface area contributed by atoms with Gasteiger partial charge in [-0.05, 0) is 32.1 Å². The Kier molecular flexibility index (Phi) is 12.0. The molecular weight excluding hydrogens is 268 g/mol. The van der Waals surface area contributed by atoms with Gasteiger partial charge in [-0.2, -0.15) is 0 Å². The molecule has 0 fully saturated rings. The highest BCUT2D eigenvalue weighted by Crippen LogP contribution is 2.09. The van der Waals surface area contributed by atoms with Gasteiger partial charge in [-0.15, -0.1) is 0 Å². The van der Waals surface area contributed by atoms with Gasteiger partial charge in [0.15, 0.2) is 0 Å². The lowest BCUT2D eigenvalue weighted by molar-refractivity contribution is -0.148. The van der Waals surface area contributed by atoms with E-state index in [0.29, 0.717) is 13.2 Å². The van der Waals surface area contributed by atoms with Crippen molar-refractivity contribution in [1.82, 2.24) is 0 Å². The van der Waals surface area contributed by atoms with E-state index < -0.39 is 0 Å². The van der Waals surface area contributed by atoms with Gasteiger partial charge in [0.25, 0.3) is 0 Å². The van der Waals surface area contributed by atoms with Crippen LogP contribution in [0.4, 0.5) is 0 Å². The van der Waals surface area contributed by atoms with Crippen molar-refractivity contribution in [2.24, 2.45) is 11.8 Å². The van der Waals surface area contributed by atoms with Crippen LogP contribution in [0.5, 0.6) is 0 Å². The summed E-state index contributed by atoms with van der Waals surface area (Å²) in [5.74, 6) is -0.208. The van der Waals surface area contributed by atoms with E-state index in [0.717, 1.165) is 44.9 Å². The summed E-state index contributed by atoms with van der Waals surface area (Å²) in [5.41, 5.74) is 0. The third kappa shape index (κ3) is 10.3. The third-order valence-electron chi connectivity index (χ3n) is 3.53.